The van der Waals surface area contributed by atoms with Crippen LogP contribution in [-0.2, 0) is 4.79 Å². The molecular formula is C16H15ClN2O3. The summed E-state index contributed by atoms with van der Waals surface area (Å²) < 4.78 is 0. The second kappa shape index (κ2) is 5.93. The van der Waals surface area contributed by atoms with E-state index in [1.165, 1.54) is 0 Å². The molecule has 1 aromatic heterocycles. The molecule has 0 spiro atoms. The highest BCUT2D eigenvalue weighted by molar-refractivity contribution is 6.31. The molecule has 1 fully saturated rings. The Hall–Kier alpha value is -2.14. The molecule has 22 heavy (non-hydrogen) atoms. The van der Waals surface area contributed by atoms with Gasteiger partial charge in [0.15, 0.2) is 0 Å². The topological polar surface area (TPSA) is 79.3 Å². The zero-order valence-electron chi connectivity index (χ0n) is 11.8. The molecule has 0 bridgehead atoms. The van der Waals surface area contributed by atoms with Crippen molar-refractivity contribution in [3.05, 3.63) is 41.0 Å². The minimum Gasteiger partial charge on any atom is -0.481 e. The van der Waals surface area contributed by atoms with Crippen LogP contribution in [0.5, 0.6) is 0 Å². The molecule has 0 saturated heterocycles. The summed E-state index contributed by atoms with van der Waals surface area (Å²) in [6, 6.07) is 8.71. The number of aromatic nitrogens is 1. The van der Waals surface area contributed by atoms with Crippen molar-refractivity contribution < 1.29 is 14.7 Å². The highest BCUT2D eigenvalue weighted by Gasteiger charge is 2.30. The van der Waals surface area contributed by atoms with Crippen LogP contribution in [0.15, 0.2) is 30.3 Å². The van der Waals surface area contributed by atoms with Gasteiger partial charge in [-0.1, -0.05) is 23.7 Å². The first-order valence-electron chi connectivity index (χ1n) is 7.13. The van der Waals surface area contributed by atoms with Crippen LogP contribution in [0.3, 0.4) is 0 Å². The van der Waals surface area contributed by atoms with Gasteiger partial charge in [-0.3, -0.25) is 9.59 Å². The quantitative estimate of drug-likeness (QED) is 0.912. The highest BCUT2D eigenvalue weighted by Crippen LogP contribution is 2.26. The van der Waals surface area contributed by atoms with Crippen LogP contribution in [0.2, 0.25) is 5.02 Å². The maximum absolute atomic E-state index is 12.3. The molecule has 1 aromatic carbocycles. The number of carbonyl (C=O) groups excluding carboxylic acids is 1. The highest BCUT2D eigenvalue weighted by atomic mass is 35.5. The van der Waals surface area contributed by atoms with Crippen LogP contribution < -0.4 is 5.32 Å². The van der Waals surface area contributed by atoms with Gasteiger partial charge in [0.05, 0.1) is 11.4 Å². The van der Waals surface area contributed by atoms with Gasteiger partial charge in [0.2, 0.25) is 0 Å². The van der Waals surface area contributed by atoms with Crippen molar-refractivity contribution in [1.29, 1.82) is 0 Å². The average Bonchev–Trinajstić information content (AvgIpc) is 2.95. The lowest BCUT2D eigenvalue weighted by molar-refractivity contribution is -0.141. The van der Waals surface area contributed by atoms with E-state index in [-0.39, 0.29) is 17.9 Å². The van der Waals surface area contributed by atoms with Crippen molar-refractivity contribution in [2.75, 3.05) is 0 Å². The van der Waals surface area contributed by atoms with Crippen LogP contribution in [0.4, 0.5) is 0 Å². The van der Waals surface area contributed by atoms with E-state index in [1.54, 1.807) is 18.2 Å². The lowest BCUT2D eigenvalue weighted by Gasteiger charge is -2.12. The summed E-state index contributed by atoms with van der Waals surface area (Å²) in [5.41, 5.74) is 0.975. The van der Waals surface area contributed by atoms with E-state index in [1.807, 2.05) is 12.1 Å². The van der Waals surface area contributed by atoms with E-state index in [2.05, 4.69) is 10.3 Å². The molecule has 1 aliphatic carbocycles. The van der Waals surface area contributed by atoms with E-state index < -0.39 is 5.97 Å². The van der Waals surface area contributed by atoms with Gasteiger partial charge in [0.25, 0.3) is 5.91 Å². The molecule has 2 atom stereocenters. The number of fused-ring (bicyclic) bond motifs is 1. The van der Waals surface area contributed by atoms with Crippen LogP contribution in [0.25, 0.3) is 10.9 Å². The van der Waals surface area contributed by atoms with Gasteiger partial charge in [-0.15, -0.1) is 0 Å². The van der Waals surface area contributed by atoms with Gasteiger partial charge in [-0.25, -0.2) is 4.98 Å². The summed E-state index contributed by atoms with van der Waals surface area (Å²) in [6.45, 7) is 0. The van der Waals surface area contributed by atoms with Crippen molar-refractivity contribution in [2.24, 2.45) is 5.92 Å². The molecule has 6 heteroatoms. The molecule has 1 amide bonds. The largest absolute Gasteiger partial charge is 0.481 e. The smallest absolute Gasteiger partial charge is 0.306 e. The molecule has 1 saturated carbocycles. The van der Waals surface area contributed by atoms with Crippen LogP contribution in [-0.4, -0.2) is 28.0 Å². The first kappa shape index (κ1) is 14.8. The predicted molar refractivity (Wildman–Crippen MR) is 83.0 cm³/mol. The molecule has 5 nitrogen and oxygen atoms in total. The molecule has 2 aromatic rings. The van der Waals surface area contributed by atoms with Crippen LogP contribution in [0, 0.1) is 5.92 Å². The van der Waals surface area contributed by atoms with Gasteiger partial charge in [-0.2, -0.15) is 0 Å². The summed E-state index contributed by atoms with van der Waals surface area (Å²) in [4.78, 5) is 27.5. The second-order valence-electron chi connectivity index (χ2n) is 5.55. The number of hydrogen-bond donors (Lipinski definition) is 2. The third kappa shape index (κ3) is 3.04. The van der Waals surface area contributed by atoms with Gasteiger partial charge >= 0.3 is 5.97 Å². The fourth-order valence-electron chi connectivity index (χ4n) is 2.81. The maximum atomic E-state index is 12.3. The van der Waals surface area contributed by atoms with E-state index in [0.717, 1.165) is 5.39 Å². The Kier molecular flexibility index (Phi) is 3.98. The molecule has 1 aliphatic rings. The zero-order valence-corrected chi connectivity index (χ0v) is 12.5. The van der Waals surface area contributed by atoms with E-state index in [9.17, 15) is 9.59 Å². The molecule has 0 radical (unpaired) electrons. The number of benzene rings is 1. The number of hydrogen-bond acceptors (Lipinski definition) is 3. The number of carbonyl (C=O) groups is 2. The van der Waals surface area contributed by atoms with E-state index in [0.29, 0.717) is 35.5 Å². The Bertz CT molecular complexity index is 747. The number of amides is 1. The first-order chi connectivity index (χ1) is 10.5. The molecule has 2 N–H and O–H groups in total. The van der Waals surface area contributed by atoms with Crippen molar-refractivity contribution in [2.45, 2.75) is 25.3 Å². The number of nitrogens with zero attached hydrogens (tertiary/aromatic N) is 1. The van der Waals surface area contributed by atoms with Crippen molar-refractivity contribution in [3.8, 4) is 0 Å². The summed E-state index contributed by atoms with van der Waals surface area (Å²) in [5.74, 6) is -1.44. The van der Waals surface area contributed by atoms with Crippen LogP contribution in [0.1, 0.15) is 29.8 Å². The summed E-state index contributed by atoms with van der Waals surface area (Å²) in [6.07, 6.45) is 1.75. The Morgan fingerprint density at radius 1 is 1.23 bits per heavy atom. The molecule has 1 heterocycles. The predicted octanol–water partition coefficient (Wildman–Crippen LogP) is 2.87. The zero-order chi connectivity index (χ0) is 15.7. The number of carboxylic acids is 1. The van der Waals surface area contributed by atoms with Crippen LogP contribution >= 0.6 is 11.6 Å². The Morgan fingerprint density at radius 3 is 2.73 bits per heavy atom. The third-order valence-electron chi connectivity index (χ3n) is 4.00. The number of rotatable bonds is 3. The van der Waals surface area contributed by atoms with Crippen molar-refractivity contribution in [1.82, 2.24) is 10.3 Å². The standard InChI is InChI=1S/C16H15ClN2O3/c17-11-4-1-9-3-6-13(19-14(9)8-11)15(20)18-12-5-2-10(7-12)16(21)22/h1,3-4,6,8,10,12H,2,5,7H2,(H,18,20)(H,21,22)/t10-,12+/m1/s1. The van der Waals surface area contributed by atoms with Crippen molar-refractivity contribution >= 4 is 34.4 Å². The fraction of sp³-hybridized carbons (Fsp3) is 0.312. The summed E-state index contributed by atoms with van der Waals surface area (Å²) in [5, 5.41) is 13.3. The fourth-order valence-corrected chi connectivity index (χ4v) is 2.98. The first-order valence-corrected chi connectivity index (χ1v) is 7.51. The molecule has 0 aliphatic heterocycles. The molecule has 0 unspecified atom stereocenters. The van der Waals surface area contributed by atoms with Crippen molar-refractivity contribution in [3.63, 3.8) is 0 Å². The van der Waals surface area contributed by atoms with E-state index in [4.69, 9.17) is 16.7 Å². The van der Waals surface area contributed by atoms with Gasteiger partial charge < -0.3 is 10.4 Å². The van der Waals surface area contributed by atoms with Gasteiger partial charge in [0.1, 0.15) is 5.69 Å². The monoisotopic (exact) mass is 318 g/mol. The Labute approximate surface area is 132 Å². The SMILES string of the molecule is O=C(N[C@H]1CC[C@@H](C(=O)O)C1)c1ccc2ccc(Cl)cc2n1. The third-order valence-corrected chi connectivity index (χ3v) is 4.24. The number of carboxylic acid groups (broad SMARTS) is 1. The number of pyridine rings is 1. The normalized spacial score (nSPS) is 21.0. The summed E-state index contributed by atoms with van der Waals surface area (Å²) >= 11 is 5.94. The van der Waals surface area contributed by atoms with E-state index >= 15 is 0 Å². The minimum atomic E-state index is -0.796. The van der Waals surface area contributed by atoms with Gasteiger partial charge in [0, 0.05) is 16.5 Å². The number of halogens is 1. The maximum Gasteiger partial charge on any atom is 0.306 e. The number of nitrogens with one attached hydrogen (secondary N) is 1. The molecule has 114 valence electrons. The lowest BCUT2D eigenvalue weighted by Crippen LogP contribution is -2.33. The minimum absolute atomic E-state index is 0.106. The summed E-state index contributed by atoms with van der Waals surface area (Å²) in [7, 11) is 0. The Morgan fingerprint density at radius 2 is 2.00 bits per heavy atom. The lowest BCUT2D eigenvalue weighted by atomic mass is 10.1. The Balaban J connectivity index is 1.74. The molecule has 3 rings (SSSR count). The average molecular weight is 319 g/mol. The second-order valence-corrected chi connectivity index (χ2v) is 5.99. The number of aliphatic carboxylic acids is 1. The van der Waals surface area contributed by atoms with Gasteiger partial charge in [-0.05, 0) is 37.5 Å². The molecular weight excluding hydrogens is 304 g/mol.